The molecular weight excluding hydrogens is 732 g/mol. The SMILES string of the molecule is CC/C=C\C/C=C\C/C=C\C/C=C\C/C=C\CCCC(=O)OCC(COC(=O)C1(CCCN)NC1F)OC(=O)CCC/C=C\C/C=C\C/C=C\C/C=C\C/C=C\CC. The van der Waals surface area contributed by atoms with Gasteiger partial charge in [0.1, 0.15) is 13.2 Å². The average molecular weight is 805 g/mol. The van der Waals surface area contributed by atoms with Crippen LogP contribution in [0.15, 0.2) is 122 Å². The fraction of sp³-hybridized carbons (Fsp3) is 0.531. The maximum Gasteiger partial charge on any atom is 0.331 e. The standard InChI is InChI=1S/C49H73FN2O6/c1-3-5-7-9-11-13-15-17-19-21-23-25-27-29-31-33-35-38-45(53)56-42-44(43-57-48(55)49(40-37-41-51)47(50)52-49)58-46(54)39-36-34-32-30-28-26-24-22-20-18-16-14-12-10-8-6-4-2/h5-8,11-14,17-20,23-26,29-32,44,47,52H,3-4,9-10,15-16,21-22,27-28,33-43,51H2,1-2H3/b7-5-,8-6-,13-11-,14-12-,19-17-,20-18-,25-23-,26-24-,31-29-,32-30-. The molecule has 0 radical (unpaired) electrons. The molecule has 0 spiro atoms. The van der Waals surface area contributed by atoms with Crippen LogP contribution in [0.1, 0.15) is 129 Å². The molecule has 9 heteroatoms. The molecular formula is C49H73FN2O6. The summed E-state index contributed by atoms with van der Waals surface area (Å²) in [6, 6.07) is 0. The van der Waals surface area contributed by atoms with Gasteiger partial charge in [0.25, 0.3) is 0 Å². The molecule has 0 aromatic carbocycles. The smallest absolute Gasteiger partial charge is 0.331 e. The van der Waals surface area contributed by atoms with Gasteiger partial charge in [-0.15, -0.1) is 0 Å². The summed E-state index contributed by atoms with van der Waals surface area (Å²) >= 11 is 0. The lowest BCUT2D eigenvalue weighted by molar-refractivity contribution is -0.168. The number of halogens is 1. The molecule has 3 unspecified atom stereocenters. The van der Waals surface area contributed by atoms with E-state index in [1.54, 1.807) is 0 Å². The van der Waals surface area contributed by atoms with Crippen molar-refractivity contribution in [1.29, 1.82) is 0 Å². The van der Waals surface area contributed by atoms with E-state index in [1.165, 1.54) is 0 Å². The lowest BCUT2D eigenvalue weighted by Gasteiger charge is -2.20. The number of nitrogens with one attached hydrogen (secondary N) is 1. The minimum atomic E-state index is -1.52. The third-order valence-corrected chi connectivity index (χ3v) is 8.82. The molecule has 322 valence electrons. The minimum absolute atomic E-state index is 0.147. The molecule has 0 amide bonds. The molecule has 58 heavy (non-hydrogen) atoms. The molecule has 0 aromatic rings. The highest BCUT2D eigenvalue weighted by atomic mass is 19.1. The molecule has 1 aliphatic rings. The van der Waals surface area contributed by atoms with Crippen LogP contribution in [0.25, 0.3) is 0 Å². The Hall–Kier alpha value is -4.34. The van der Waals surface area contributed by atoms with E-state index in [-0.39, 0.29) is 32.5 Å². The van der Waals surface area contributed by atoms with Crippen LogP contribution in [0, 0.1) is 0 Å². The van der Waals surface area contributed by atoms with E-state index in [4.69, 9.17) is 19.9 Å². The van der Waals surface area contributed by atoms with E-state index >= 15 is 0 Å². The number of nitrogens with two attached hydrogens (primary N) is 1. The van der Waals surface area contributed by atoms with Crippen molar-refractivity contribution in [3.05, 3.63) is 122 Å². The van der Waals surface area contributed by atoms with E-state index in [1.807, 2.05) is 12.2 Å². The highest BCUT2D eigenvalue weighted by Gasteiger charge is 2.61. The number of alkyl halides is 1. The van der Waals surface area contributed by atoms with E-state index in [0.29, 0.717) is 32.2 Å². The number of carbonyl (C=O) groups excluding carboxylic acids is 3. The van der Waals surface area contributed by atoms with Crippen LogP contribution in [0.4, 0.5) is 4.39 Å². The maximum atomic E-state index is 14.1. The Balaban J connectivity index is 2.41. The van der Waals surface area contributed by atoms with Gasteiger partial charge in [0.2, 0.25) is 0 Å². The zero-order chi connectivity index (χ0) is 42.2. The van der Waals surface area contributed by atoms with Crippen LogP contribution in [0.5, 0.6) is 0 Å². The van der Waals surface area contributed by atoms with Crippen LogP contribution in [-0.4, -0.2) is 55.6 Å². The topological polar surface area (TPSA) is 127 Å². The lowest BCUT2D eigenvalue weighted by Crippen LogP contribution is -2.36. The summed E-state index contributed by atoms with van der Waals surface area (Å²) in [5.41, 5.74) is 4.12. The molecule has 0 aromatic heterocycles. The first-order chi connectivity index (χ1) is 28.4. The van der Waals surface area contributed by atoms with E-state index < -0.39 is 35.8 Å². The van der Waals surface area contributed by atoms with E-state index in [2.05, 4.69) is 129 Å². The molecule has 0 saturated carbocycles. The number of carbonyl (C=O) groups is 3. The fourth-order valence-electron chi connectivity index (χ4n) is 5.41. The van der Waals surface area contributed by atoms with Crippen LogP contribution in [-0.2, 0) is 28.6 Å². The summed E-state index contributed by atoms with van der Waals surface area (Å²) in [7, 11) is 0. The first-order valence-electron chi connectivity index (χ1n) is 21.5. The molecule has 1 fully saturated rings. The van der Waals surface area contributed by atoms with Crippen molar-refractivity contribution in [2.75, 3.05) is 19.8 Å². The lowest BCUT2D eigenvalue weighted by atomic mass is 10.0. The second-order valence-corrected chi connectivity index (χ2v) is 14.0. The van der Waals surface area contributed by atoms with Crippen LogP contribution in [0.2, 0.25) is 0 Å². The molecule has 1 rings (SSSR count). The molecule has 3 N–H and O–H groups in total. The number of ether oxygens (including phenoxy) is 3. The minimum Gasteiger partial charge on any atom is -0.462 e. The molecule has 0 aliphatic carbocycles. The van der Waals surface area contributed by atoms with Gasteiger partial charge in [0.05, 0.1) is 0 Å². The largest absolute Gasteiger partial charge is 0.462 e. The Morgan fingerprint density at radius 3 is 1.31 bits per heavy atom. The van der Waals surface area contributed by atoms with Gasteiger partial charge < -0.3 is 19.9 Å². The molecule has 1 aliphatic heterocycles. The average Bonchev–Trinajstić information content (AvgIpc) is 3.89. The summed E-state index contributed by atoms with van der Waals surface area (Å²) in [6.45, 7) is 3.95. The number of rotatable bonds is 35. The Kier molecular flexibility index (Phi) is 32.9. The Bertz CT molecular complexity index is 1410. The van der Waals surface area contributed by atoms with Crippen molar-refractivity contribution in [2.45, 2.75) is 147 Å². The molecule has 0 bridgehead atoms. The van der Waals surface area contributed by atoms with Crippen molar-refractivity contribution in [3.63, 3.8) is 0 Å². The van der Waals surface area contributed by atoms with E-state index in [9.17, 15) is 18.8 Å². The Morgan fingerprint density at radius 2 is 0.931 bits per heavy atom. The van der Waals surface area contributed by atoms with Gasteiger partial charge in [-0.05, 0) is 109 Å². The third-order valence-electron chi connectivity index (χ3n) is 8.82. The summed E-state index contributed by atoms with van der Waals surface area (Å²) in [4.78, 5) is 37.9. The van der Waals surface area contributed by atoms with Gasteiger partial charge in [-0.2, -0.15) is 0 Å². The fourth-order valence-corrected chi connectivity index (χ4v) is 5.41. The van der Waals surface area contributed by atoms with E-state index in [0.717, 1.165) is 70.6 Å². The predicted octanol–water partition coefficient (Wildman–Crippen LogP) is 11.2. The Labute approximate surface area is 349 Å². The second-order valence-electron chi connectivity index (χ2n) is 14.0. The first-order valence-corrected chi connectivity index (χ1v) is 21.5. The monoisotopic (exact) mass is 805 g/mol. The van der Waals surface area contributed by atoms with Gasteiger partial charge in [-0.3, -0.25) is 14.9 Å². The molecule has 1 saturated heterocycles. The van der Waals surface area contributed by atoms with Gasteiger partial charge in [-0.1, -0.05) is 135 Å². The summed E-state index contributed by atoms with van der Waals surface area (Å²) in [5, 5.41) is 2.51. The molecule has 3 atom stereocenters. The predicted molar refractivity (Wildman–Crippen MR) is 237 cm³/mol. The molecule has 8 nitrogen and oxygen atoms in total. The van der Waals surface area contributed by atoms with Gasteiger partial charge >= 0.3 is 17.9 Å². The second kappa shape index (κ2) is 37.0. The molecule has 1 heterocycles. The highest BCUT2D eigenvalue weighted by molar-refractivity contribution is 5.85. The first kappa shape index (κ1) is 51.7. The number of esters is 3. The summed E-state index contributed by atoms with van der Waals surface area (Å²) < 4.78 is 30.4. The van der Waals surface area contributed by atoms with Crippen molar-refractivity contribution >= 4 is 17.9 Å². The van der Waals surface area contributed by atoms with Gasteiger partial charge in [0, 0.05) is 12.8 Å². The Morgan fingerprint density at radius 1 is 0.569 bits per heavy atom. The number of allylic oxidation sites excluding steroid dienone is 20. The zero-order valence-electron chi connectivity index (χ0n) is 35.5. The maximum absolute atomic E-state index is 14.1. The van der Waals surface area contributed by atoms with Gasteiger partial charge in [0.15, 0.2) is 17.9 Å². The van der Waals surface area contributed by atoms with Crippen molar-refractivity contribution in [1.82, 2.24) is 5.32 Å². The summed E-state index contributed by atoms with van der Waals surface area (Å²) in [5.74, 6) is -1.71. The quantitative estimate of drug-likeness (QED) is 0.0162. The number of hydrogen-bond acceptors (Lipinski definition) is 8. The number of hydrogen-bond donors (Lipinski definition) is 2. The number of unbranched alkanes of at least 4 members (excludes halogenated alkanes) is 2. The zero-order valence-corrected chi connectivity index (χ0v) is 35.5. The van der Waals surface area contributed by atoms with Crippen molar-refractivity contribution in [2.24, 2.45) is 5.73 Å². The summed E-state index contributed by atoms with van der Waals surface area (Å²) in [6.07, 6.45) is 53.2. The van der Waals surface area contributed by atoms with Crippen LogP contribution in [0.3, 0.4) is 0 Å². The van der Waals surface area contributed by atoms with Crippen LogP contribution < -0.4 is 11.1 Å². The van der Waals surface area contributed by atoms with Crippen LogP contribution >= 0.6 is 0 Å². The van der Waals surface area contributed by atoms with Crippen molar-refractivity contribution < 1.29 is 33.0 Å². The van der Waals surface area contributed by atoms with Crippen molar-refractivity contribution in [3.8, 4) is 0 Å². The highest BCUT2D eigenvalue weighted by Crippen LogP contribution is 2.34. The van der Waals surface area contributed by atoms with Gasteiger partial charge in [-0.25, -0.2) is 9.18 Å². The normalized spacial score (nSPS) is 18.0. The third kappa shape index (κ3) is 29.0.